The second-order valence-electron chi connectivity index (χ2n) is 22.7. The van der Waals surface area contributed by atoms with Gasteiger partial charge in [0.2, 0.25) is 29.5 Å². The van der Waals surface area contributed by atoms with Gasteiger partial charge in [0.25, 0.3) is 0 Å². The van der Waals surface area contributed by atoms with E-state index in [0.29, 0.717) is 133 Å². The molecule has 3 N–H and O–H groups in total. The first kappa shape index (κ1) is 63.8. The summed E-state index contributed by atoms with van der Waals surface area (Å²) < 4.78 is 19.6. The Morgan fingerprint density at radius 2 is 1.01 bits per heavy atom. The summed E-state index contributed by atoms with van der Waals surface area (Å²) in [6, 6.07) is 17.1. The quantitative estimate of drug-likeness (QED) is 0.0958. The Morgan fingerprint density at radius 1 is 0.521 bits per heavy atom. The molecule has 4 aromatic carbocycles. The maximum Gasteiger partial charge on any atom is 0.246 e. The zero-order valence-corrected chi connectivity index (χ0v) is 55.3. The van der Waals surface area contributed by atoms with Gasteiger partial charge < -0.3 is 43.6 Å². The van der Waals surface area contributed by atoms with Crippen molar-refractivity contribution in [3.05, 3.63) is 168 Å². The van der Waals surface area contributed by atoms with Crippen molar-refractivity contribution in [3.8, 4) is 34.8 Å². The Bertz CT molecular complexity index is 4800. The van der Waals surface area contributed by atoms with E-state index in [1.54, 1.807) is 58.1 Å². The van der Waals surface area contributed by atoms with Crippen LogP contribution in [0.4, 0.5) is 17.5 Å². The van der Waals surface area contributed by atoms with E-state index in [0.717, 1.165) is 81.9 Å². The SMILES string of the molecule is C=CC(=O)N1CCN(c2ncnc3c(Oc4c(Br)c(C)cc5[nH]ncc45)nccc23)CC1.C=CC(=O)N1CCN(c2ncnc3c(Oc4c(C)c(Cl)cc5[nH]ncc45)nccc23)CC1.C=CC(=O)N1CCN(c2ncnc3c(Oc4c(Cl)ccc5[nH]ncc45)cccc23)[C@@H](C)C1. The van der Waals surface area contributed by atoms with E-state index in [4.69, 9.17) is 37.4 Å². The molecular formula is C67H61BrCl2N20O6. The van der Waals surface area contributed by atoms with Crippen LogP contribution in [0.25, 0.3) is 65.4 Å². The molecule has 15 rings (SSSR count). The van der Waals surface area contributed by atoms with Gasteiger partial charge in [-0.3, -0.25) is 29.7 Å². The third-order valence-electron chi connectivity index (χ3n) is 17.0. The van der Waals surface area contributed by atoms with Crippen LogP contribution in [0.2, 0.25) is 10.0 Å². The lowest BCUT2D eigenvalue weighted by Gasteiger charge is -2.40. The summed E-state index contributed by atoms with van der Waals surface area (Å²) in [5.41, 5.74) is 6.19. The van der Waals surface area contributed by atoms with Crippen molar-refractivity contribution in [1.82, 2.24) is 85.2 Å². The Labute approximate surface area is 566 Å². The zero-order chi connectivity index (χ0) is 66.7. The molecule has 29 heteroatoms. The van der Waals surface area contributed by atoms with Crippen LogP contribution in [-0.4, -0.2) is 181 Å². The highest BCUT2D eigenvalue weighted by atomic mass is 79.9. The Kier molecular flexibility index (Phi) is 18.3. The largest absolute Gasteiger partial charge is 0.453 e. The third kappa shape index (κ3) is 12.6. The number of hydrogen-bond donors (Lipinski definition) is 3. The van der Waals surface area contributed by atoms with Gasteiger partial charge in [0, 0.05) is 117 Å². The molecule has 12 aromatic rings. The van der Waals surface area contributed by atoms with E-state index in [-0.39, 0.29) is 23.8 Å². The molecule has 1 atom stereocenters. The number of nitrogens with one attached hydrogen (secondary N) is 3. The van der Waals surface area contributed by atoms with Gasteiger partial charge >= 0.3 is 0 Å². The minimum absolute atomic E-state index is 0.0497. The average molecular weight is 1390 g/mol. The summed E-state index contributed by atoms with van der Waals surface area (Å²) >= 11 is 16.5. The second kappa shape index (κ2) is 27.6. The summed E-state index contributed by atoms with van der Waals surface area (Å²) in [6.07, 6.45) is 17.1. The van der Waals surface area contributed by atoms with Crippen LogP contribution in [0.3, 0.4) is 0 Å². The van der Waals surface area contributed by atoms with E-state index in [2.05, 4.69) is 128 Å². The van der Waals surface area contributed by atoms with Gasteiger partial charge in [0.15, 0.2) is 17.2 Å². The van der Waals surface area contributed by atoms with Crippen LogP contribution in [0.1, 0.15) is 18.1 Å². The highest BCUT2D eigenvalue weighted by molar-refractivity contribution is 9.10. The molecule has 0 aliphatic carbocycles. The minimum Gasteiger partial charge on any atom is -0.453 e. The number of pyridine rings is 2. The lowest BCUT2D eigenvalue weighted by atomic mass is 10.1. The predicted octanol–water partition coefficient (Wildman–Crippen LogP) is 11.3. The second-order valence-corrected chi connectivity index (χ2v) is 24.3. The van der Waals surface area contributed by atoms with Crippen molar-refractivity contribution in [3.63, 3.8) is 0 Å². The van der Waals surface area contributed by atoms with Crippen molar-refractivity contribution in [2.75, 3.05) is 86.7 Å². The molecule has 0 spiro atoms. The molecular weight excluding hydrogens is 1330 g/mol. The molecule has 11 heterocycles. The predicted molar refractivity (Wildman–Crippen MR) is 371 cm³/mol. The number of ether oxygens (including phenoxy) is 3. The van der Waals surface area contributed by atoms with Crippen LogP contribution in [-0.2, 0) is 14.4 Å². The fraction of sp³-hybridized carbons (Fsp3) is 0.224. The number of halogens is 3. The Hall–Kier alpha value is -10.9. The number of carbonyl (C=O) groups is 3. The number of H-pyrrole nitrogens is 3. The van der Waals surface area contributed by atoms with Gasteiger partial charge in [-0.1, -0.05) is 49.0 Å². The number of anilines is 3. The van der Waals surface area contributed by atoms with E-state index < -0.39 is 0 Å². The van der Waals surface area contributed by atoms with Crippen molar-refractivity contribution in [2.24, 2.45) is 0 Å². The van der Waals surface area contributed by atoms with Gasteiger partial charge in [0.05, 0.1) is 60.8 Å². The monoisotopic (exact) mass is 1390 g/mol. The first-order valence-corrected chi connectivity index (χ1v) is 32.1. The van der Waals surface area contributed by atoms with E-state index in [9.17, 15) is 14.4 Å². The average Bonchev–Trinajstić information content (AvgIpc) is 0.995. The molecule has 486 valence electrons. The van der Waals surface area contributed by atoms with Crippen LogP contribution in [0, 0.1) is 13.8 Å². The van der Waals surface area contributed by atoms with Crippen LogP contribution in [0.15, 0.2) is 147 Å². The molecule has 8 aromatic heterocycles. The number of nitrogens with zero attached hydrogens (tertiary/aromatic N) is 17. The Morgan fingerprint density at radius 3 is 1.58 bits per heavy atom. The van der Waals surface area contributed by atoms with Gasteiger partial charge in [-0.25, -0.2) is 39.9 Å². The van der Waals surface area contributed by atoms with Gasteiger partial charge in [0.1, 0.15) is 58.7 Å². The number of piperazine rings is 3. The third-order valence-corrected chi connectivity index (χ3v) is 18.6. The topological polar surface area (TPSA) is 287 Å². The summed E-state index contributed by atoms with van der Waals surface area (Å²) in [5.74, 6) is 5.30. The van der Waals surface area contributed by atoms with E-state index >= 15 is 0 Å². The number of fused-ring (bicyclic) bond motifs is 6. The molecule has 0 saturated carbocycles. The summed E-state index contributed by atoms with van der Waals surface area (Å²) in [6.45, 7) is 23.6. The molecule has 3 fully saturated rings. The summed E-state index contributed by atoms with van der Waals surface area (Å²) in [5, 5.41) is 27.2. The van der Waals surface area contributed by atoms with Gasteiger partial charge in [-0.15, -0.1) is 0 Å². The molecule has 26 nitrogen and oxygen atoms in total. The highest BCUT2D eigenvalue weighted by Crippen LogP contribution is 2.43. The first-order valence-electron chi connectivity index (χ1n) is 30.5. The van der Waals surface area contributed by atoms with Crippen molar-refractivity contribution < 1.29 is 28.6 Å². The van der Waals surface area contributed by atoms with Crippen LogP contribution in [0.5, 0.6) is 34.8 Å². The molecule has 96 heavy (non-hydrogen) atoms. The zero-order valence-electron chi connectivity index (χ0n) is 52.2. The number of benzene rings is 4. The molecule has 3 amide bonds. The first-order chi connectivity index (χ1) is 46.7. The maximum atomic E-state index is 12.0. The number of para-hydroxylation sites is 1. The molecule has 3 aliphatic rings. The van der Waals surface area contributed by atoms with E-state index in [1.165, 1.54) is 30.9 Å². The van der Waals surface area contributed by atoms with E-state index in [1.807, 2.05) is 62.4 Å². The smallest absolute Gasteiger partial charge is 0.246 e. The Balaban J connectivity index is 0.000000130. The molecule has 3 aliphatic heterocycles. The fourth-order valence-corrected chi connectivity index (χ4v) is 12.8. The van der Waals surface area contributed by atoms with Crippen molar-refractivity contribution >= 4 is 140 Å². The number of aromatic amines is 3. The van der Waals surface area contributed by atoms with Gasteiger partial charge in [-0.2, -0.15) is 15.3 Å². The number of hydrogen-bond acceptors (Lipinski definition) is 20. The number of rotatable bonds is 12. The molecule has 0 radical (unpaired) electrons. The van der Waals surface area contributed by atoms with Gasteiger partial charge in [-0.05, 0) is 109 Å². The normalized spacial score (nSPS) is 15.0. The fourth-order valence-electron chi connectivity index (χ4n) is 12.0. The van der Waals surface area contributed by atoms with Crippen LogP contribution < -0.4 is 28.9 Å². The lowest BCUT2D eigenvalue weighted by Crippen LogP contribution is -2.53. The molecule has 0 unspecified atom stereocenters. The molecule has 0 bridgehead atoms. The standard InChI is InChI=1S/C23H21ClN6O2.C22H20BrN7O2.C22H20ClN7O2/c1-3-20(31)29-9-10-30(14(2)12-29)23-15-5-4-6-19(21(15)25-13-26-23)32-22-16-11-27-28-18(16)8-7-17(22)24;1-3-17(31)29-6-8-30(9-7-29)21-14-4-5-24-22(19(14)25-12-26-21)32-20-15-11-27-28-16(15)10-13(2)18(20)23;1-3-18(31)29-6-8-30(9-7-29)21-14-4-5-24-22(19(14)25-12-26-21)32-20-13(2)16(23)10-17-15(20)11-27-28-17/h3-8,11,13-14H,1,9-10,12H2,2H3,(H,27,28);2*3-5,10-12H,1,6-9H2,2H3,(H,27,28)/t14-;;/m0../s1. The van der Waals surface area contributed by atoms with Crippen molar-refractivity contribution in [2.45, 2.75) is 26.8 Å². The number of aromatic nitrogens is 14. The maximum absolute atomic E-state index is 12.0. The highest BCUT2D eigenvalue weighted by Gasteiger charge is 2.30. The van der Waals surface area contributed by atoms with Crippen molar-refractivity contribution in [1.29, 1.82) is 0 Å². The lowest BCUT2D eigenvalue weighted by molar-refractivity contribution is -0.127. The summed E-state index contributed by atoms with van der Waals surface area (Å²) in [4.78, 5) is 83.6. The van der Waals surface area contributed by atoms with Crippen LogP contribution >= 0.6 is 39.1 Å². The number of amides is 3. The number of aryl methyl sites for hydroxylation is 1. The number of carbonyl (C=O) groups excluding carboxylic acids is 3. The summed E-state index contributed by atoms with van der Waals surface area (Å²) in [7, 11) is 0. The minimum atomic E-state index is -0.0560. The molecule has 3 saturated heterocycles.